The van der Waals surface area contributed by atoms with Crippen LogP contribution in [-0.2, 0) is 13.5 Å². The fraction of sp³-hybridized carbons (Fsp3) is 0.400. The van der Waals surface area contributed by atoms with Crippen LogP contribution in [0.2, 0.25) is 0 Å². The molecule has 1 aromatic heterocycles. The van der Waals surface area contributed by atoms with E-state index in [1.807, 2.05) is 36.9 Å². The summed E-state index contributed by atoms with van der Waals surface area (Å²) in [6.07, 6.45) is 5.35. The number of halogens is 2. The highest BCUT2D eigenvalue weighted by Gasteiger charge is 2.16. The molecule has 0 aliphatic rings. The number of aryl methyl sites for hydroxylation is 2. The number of aromatic nitrogens is 2. The second kappa shape index (κ2) is 6.99. The molecule has 2 aromatic rings. The van der Waals surface area contributed by atoms with Gasteiger partial charge in [-0.1, -0.05) is 28.9 Å². The topological polar surface area (TPSA) is 29.9 Å². The Morgan fingerprint density at radius 1 is 1.45 bits per heavy atom. The lowest BCUT2D eigenvalue weighted by molar-refractivity contribution is 0.478. The van der Waals surface area contributed by atoms with Crippen LogP contribution in [0.3, 0.4) is 0 Å². The summed E-state index contributed by atoms with van der Waals surface area (Å²) in [7, 11) is 1.98. The molecule has 0 aliphatic carbocycles. The Labute approximate surface area is 127 Å². The minimum absolute atomic E-state index is 0.00444. The highest BCUT2D eigenvalue weighted by Crippen LogP contribution is 2.24. The Balaban J connectivity index is 2.12. The second-order valence-corrected chi connectivity index (χ2v) is 5.68. The molecule has 1 aromatic carbocycles. The van der Waals surface area contributed by atoms with E-state index < -0.39 is 0 Å². The first-order valence-electron chi connectivity index (χ1n) is 6.76. The van der Waals surface area contributed by atoms with E-state index in [1.165, 1.54) is 6.07 Å². The Hall–Kier alpha value is -1.20. The molecule has 2 rings (SSSR count). The molecule has 1 unspecified atom stereocenters. The predicted octanol–water partition coefficient (Wildman–Crippen LogP) is 3.61. The monoisotopic (exact) mass is 339 g/mol. The van der Waals surface area contributed by atoms with E-state index in [1.54, 1.807) is 6.20 Å². The van der Waals surface area contributed by atoms with Gasteiger partial charge < -0.3 is 9.88 Å². The van der Waals surface area contributed by atoms with Crippen molar-refractivity contribution in [1.29, 1.82) is 0 Å². The van der Waals surface area contributed by atoms with Crippen LogP contribution < -0.4 is 5.32 Å². The molecule has 0 saturated heterocycles. The molecule has 1 N–H and O–H groups in total. The largest absolute Gasteiger partial charge is 0.338 e. The van der Waals surface area contributed by atoms with Crippen molar-refractivity contribution in [3.8, 4) is 0 Å². The zero-order valence-electron chi connectivity index (χ0n) is 11.7. The maximum Gasteiger partial charge on any atom is 0.129 e. The lowest BCUT2D eigenvalue weighted by Gasteiger charge is -2.19. The zero-order chi connectivity index (χ0) is 14.5. The van der Waals surface area contributed by atoms with Crippen molar-refractivity contribution in [3.63, 3.8) is 0 Å². The fourth-order valence-electron chi connectivity index (χ4n) is 2.31. The molecule has 0 amide bonds. The quantitative estimate of drug-likeness (QED) is 0.871. The van der Waals surface area contributed by atoms with Crippen molar-refractivity contribution in [3.05, 3.63) is 52.3 Å². The van der Waals surface area contributed by atoms with Crippen LogP contribution >= 0.6 is 15.9 Å². The van der Waals surface area contributed by atoms with Crippen LogP contribution in [0.25, 0.3) is 0 Å². The number of hydrogen-bond donors (Lipinski definition) is 1. The number of nitrogens with one attached hydrogen (secondary N) is 1. The normalized spacial score (nSPS) is 12.6. The molecule has 0 bridgehead atoms. The average Bonchev–Trinajstić information content (AvgIpc) is 2.81. The summed E-state index contributed by atoms with van der Waals surface area (Å²) < 4.78 is 16.8. The zero-order valence-corrected chi connectivity index (χ0v) is 13.3. The first-order chi connectivity index (χ1) is 9.61. The summed E-state index contributed by atoms with van der Waals surface area (Å²) in [5, 5.41) is 3.35. The SMILES string of the molecule is CCNC(CCc1nccn1C)c1ccc(Br)cc1F. The van der Waals surface area contributed by atoms with Gasteiger partial charge in [-0.05, 0) is 25.1 Å². The van der Waals surface area contributed by atoms with Crippen molar-refractivity contribution >= 4 is 15.9 Å². The van der Waals surface area contributed by atoms with E-state index >= 15 is 0 Å². The molecule has 3 nitrogen and oxygen atoms in total. The van der Waals surface area contributed by atoms with Crippen LogP contribution in [0.1, 0.15) is 30.8 Å². The average molecular weight is 340 g/mol. The summed E-state index contributed by atoms with van der Waals surface area (Å²) in [4.78, 5) is 4.31. The Morgan fingerprint density at radius 3 is 2.85 bits per heavy atom. The summed E-state index contributed by atoms with van der Waals surface area (Å²) in [5.74, 6) is 0.843. The Kier molecular flexibility index (Phi) is 5.31. The smallest absolute Gasteiger partial charge is 0.129 e. The van der Waals surface area contributed by atoms with Crippen LogP contribution in [0.15, 0.2) is 35.1 Å². The van der Waals surface area contributed by atoms with E-state index in [-0.39, 0.29) is 11.9 Å². The van der Waals surface area contributed by atoms with Crippen molar-refractivity contribution in [2.75, 3.05) is 6.54 Å². The van der Waals surface area contributed by atoms with Gasteiger partial charge in [0.15, 0.2) is 0 Å². The van der Waals surface area contributed by atoms with Crippen LogP contribution in [-0.4, -0.2) is 16.1 Å². The Bertz CT molecular complexity index is 568. The molecule has 0 spiro atoms. The first kappa shape index (κ1) is 15.2. The van der Waals surface area contributed by atoms with Gasteiger partial charge in [-0.15, -0.1) is 0 Å². The van der Waals surface area contributed by atoms with Gasteiger partial charge in [0.25, 0.3) is 0 Å². The van der Waals surface area contributed by atoms with E-state index in [9.17, 15) is 4.39 Å². The maximum atomic E-state index is 14.1. The van der Waals surface area contributed by atoms with E-state index in [2.05, 4.69) is 26.2 Å². The van der Waals surface area contributed by atoms with Crippen molar-refractivity contribution < 1.29 is 4.39 Å². The lowest BCUT2D eigenvalue weighted by atomic mass is 10.0. The summed E-state index contributed by atoms with van der Waals surface area (Å²) in [5.41, 5.74) is 0.712. The van der Waals surface area contributed by atoms with Gasteiger partial charge in [0.1, 0.15) is 11.6 Å². The molecule has 0 aliphatic heterocycles. The van der Waals surface area contributed by atoms with Crippen molar-refractivity contribution in [1.82, 2.24) is 14.9 Å². The summed E-state index contributed by atoms with van der Waals surface area (Å²) in [6.45, 7) is 2.84. The molecule has 20 heavy (non-hydrogen) atoms. The third kappa shape index (κ3) is 3.67. The van der Waals surface area contributed by atoms with Crippen molar-refractivity contribution in [2.45, 2.75) is 25.8 Å². The number of imidazole rings is 1. The minimum Gasteiger partial charge on any atom is -0.338 e. The van der Waals surface area contributed by atoms with Gasteiger partial charge >= 0.3 is 0 Å². The Morgan fingerprint density at radius 2 is 2.25 bits per heavy atom. The van der Waals surface area contributed by atoms with Gasteiger partial charge in [-0.3, -0.25) is 0 Å². The molecule has 0 radical (unpaired) electrons. The standard InChI is InChI=1S/C15H19BrFN3/c1-3-18-14(6-7-15-19-8-9-20(15)2)12-5-4-11(16)10-13(12)17/h4-5,8-10,14,18H,3,6-7H2,1-2H3. The molecule has 0 fully saturated rings. The van der Waals surface area contributed by atoms with Crippen LogP contribution in [0, 0.1) is 5.82 Å². The highest BCUT2D eigenvalue weighted by atomic mass is 79.9. The van der Waals surface area contributed by atoms with Crippen LogP contribution in [0.4, 0.5) is 4.39 Å². The molecular weight excluding hydrogens is 321 g/mol. The van der Waals surface area contributed by atoms with Gasteiger partial charge in [-0.2, -0.15) is 0 Å². The third-order valence-corrected chi connectivity index (χ3v) is 3.86. The second-order valence-electron chi connectivity index (χ2n) is 4.77. The lowest BCUT2D eigenvalue weighted by Crippen LogP contribution is -2.23. The van der Waals surface area contributed by atoms with E-state index in [0.29, 0.717) is 5.56 Å². The molecule has 1 atom stereocenters. The van der Waals surface area contributed by atoms with Gasteiger partial charge in [0.2, 0.25) is 0 Å². The molecule has 5 heteroatoms. The number of benzene rings is 1. The third-order valence-electron chi connectivity index (χ3n) is 3.37. The number of hydrogen-bond acceptors (Lipinski definition) is 2. The fourth-order valence-corrected chi connectivity index (χ4v) is 2.64. The van der Waals surface area contributed by atoms with Gasteiger partial charge in [0.05, 0.1) is 0 Å². The molecular formula is C15H19BrFN3. The number of rotatable bonds is 6. The van der Waals surface area contributed by atoms with E-state index in [0.717, 1.165) is 29.7 Å². The van der Waals surface area contributed by atoms with E-state index in [4.69, 9.17) is 0 Å². The summed E-state index contributed by atoms with van der Waals surface area (Å²) in [6, 6.07) is 5.24. The molecule has 1 heterocycles. The van der Waals surface area contributed by atoms with Gasteiger partial charge in [-0.25, -0.2) is 9.37 Å². The number of nitrogens with zero attached hydrogens (tertiary/aromatic N) is 2. The molecule has 108 valence electrons. The van der Waals surface area contributed by atoms with Gasteiger partial charge in [0, 0.05) is 41.9 Å². The first-order valence-corrected chi connectivity index (χ1v) is 7.55. The molecule has 0 saturated carbocycles. The maximum absolute atomic E-state index is 14.1. The van der Waals surface area contributed by atoms with Crippen LogP contribution in [0.5, 0.6) is 0 Å². The van der Waals surface area contributed by atoms with Crippen molar-refractivity contribution in [2.24, 2.45) is 7.05 Å². The highest BCUT2D eigenvalue weighted by molar-refractivity contribution is 9.10. The minimum atomic E-state index is -0.176. The predicted molar refractivity (Wildman–Crippen MR) is 82.0 cm³/mol. The summed E-state index contributed by atoms with van der Waals surface area (Å²) >= 11 is 3.29.